The van der Waals surface area contributed by atoms with Gasteiger partial charge in [-0.05, 0) is 38.0 Å². The summed E-state index contributed by atoms with van der Waals surface area (Å²) in [4.78, 5) is 4.69. The highest BCUT2D eigenvalue weighted by atomic mass is 32.2. The van der Waals surface area contributed by atoms with Crippen LogP contribution >= 0.6 is 0 Å². The first kappa shape index (κ1) is 17.6. The van der Waals surface area contributed by atoms with E-state index in [1.165, 1.54) is 25.7 Å². The smallest absolute Gasteiger partial charge is 0.191 e. The van der Waals surface area contributed by atoms with Crippen LogP contribution in [-0.4, -0.2) is 44.5 Å². The lowest BCUT2D eigenvalue weighted by Crippen LogP contribution is -2.47. The summed E-state index contributed by atoms with van der Waals surface area (Å²) in [6.07, 6.45) is 5.72. The Morgan fingerprint density at radius 2 is 1.86 bits per heavy atom. The van der Waals surface area contributed by atoms with Crippen LogP contribution in [0.15, 0.2) is 4.99 Å². The number of aliphatic imine (C=N–C) groups is 1. The zero-order valence-electron chi connectivity index (χ0n) is 14.1. The molecule has 5 nitrogen and oxygen atoms in total. The normalized spacial score (nSPS) is 27.3. The molecule has 1 aliphatic carbocycles. The molecule has 2 aliphatic rings. The van der Waals surface area contributed by atoms with Crippen molar-refractivity contribution < 1.29 is 8.42 Å². The number of hydrogen-bond donors (Lipinski definition) is 2. The van der Waals surface area contributed by atoms with Gasteiger partial charge in [0.1, 0.15) is 0 Å². The summed E-state index contributed by atoms with van der Waals surface area (Å²) >= 11 is 0. The summed E-state index contributed by atoms with van der Waals surface area (Å²) in [5.41, 5.74) is 0. The quantitative estimate of drug-likeness (QED) is 0.597. The Kier molecular flexibility index (Phi) is 6.12. The van der Waals surface area contributed by atoms with E-state index in [9.17, 15) is 8.42 Å². The lowest BCUT2D eigenvalue weighted by atomic mass is 10.1. The standard InChI is InChI=1S/C16H31N3O2S/c1-12(2)13(3)18-16(19-15-6-4-5-7-15)17-10-14-8-9-22(20,21)11-14/h12-15H,4-11H2,1-3H3,(H2,17,18,19). The number of hydrogen-bond acceptors (Lipinski definition) is 3. The molecule has 0 aromatic carbocycles. The maximum atomic E-state index is 11.6. The largest absolute Gasteiger partial charge is 0.354 e. The Morgan fingerprint density at radius 1 is 1.18 bits per heavy atom. The van der Waals surface area contributed by atoms with E-state index in [0.717, 1.165) is 12.4 Å². The summed E-state index contributed by atoms with van der Waals surface area (Å²) in [6.45, 7) is 7.14. The van der Waals surface area contributed by atoms with Crippen LogP contribution in [0.3, 0.4) is 0 Å². The van der Waals surface area contributed by atoms with Gasteiger partial charge in [-0.1, -0.05) is 26.7 Å². The van der Waals surface area contributed by atoms with E-state index < -0.39 is 9.84 Å². The van der Waals surface area contributed by atoms with Gasteiger partial charge in [0.2, 0.25) is 0 Å². The van der Waals surface area contributed by atoms with Crippen molar-refractivity contribution >= 4 is 15.8 Å². The van der Waals surface area contributed by atoms with E-state index in [0.29, 0.717) is 36.1 Å². The summed E-state index contributed by atoms with van der Waals surface area (Å²) < 4.78 is 23.1. The van der Waals surface area contributed by atoms with Crippen molar-refractivity contribution in [3.8, 4) is 0 Å². The molecule has 0 aromatic rings. The zero-order valence-corrected chi connectivity index (χ0v) is 15.0. The fraction of sp³-hybridized carbons (Fsp3) is 0.938. The van der Waals surface area contributed by atoms with Gasteiger partial charge < -0.3 is 10.6 Å². The Hall–Kier alpha value is -0.780. The van der Waals surface area contributed by atoms with Crippen LogP contribution in [0.25, 0.3) is 0 Å². The van der Waals surface area contributed by atoms with Gasteiger partial charge in [-0.3, -0.25) is 4.99 Å². The first-order valence-corrected chi connectivity index (χ1v) is 10.5. The number of nitrogens with zero attached hydrogens (tertiary/aromatic N) is 1. The van der Waals surface area contributed by atoms with Crippen molar-refractivity contribution in [2.45, 2.75) is 65.0 Å². The van der Waals surface area contributed by atoms with E-state index in [1.54, 1.807) is 0 Å². The molecular weight excluding hydrogens is 298 g/mol. The highest BCUT2D eigenvalue weighted by Gasteiger charge is 2.27. The van der Waals surface area contributed by atoms with Crippen LogP contribution in [-0.2, 0) is 9.84 Å². The van der Waals surface area contributed by atoms with E-state index in [4.69, 9.17) is 0 Å². The third-order valence-electron chi connectivity index (χ3n) is 4.89. The minimum absolute atomic E-state index is 0.182. The average Bonchev–Trinajstić information content (AvgIpc) is 3.05. The lowest BCUT2D eigenvalue weighted by Gasteiger charge is -2.24. The zero-order chi connectivity index (χ0) is 16.2. The minimum atomic E-state index is -2.81. The van der Waals surface area contributed by atoms with Gasteiger partial charge >= 0.3 is 0 Å². The monoisotopic (exact) mass is 329 g/mol. The third-order valence-corrected chi connectivity index (χ3v) is 6.73. The maximum absolute atomic E-state index is 11.6. The van der Waals surface area contributed by atoms with Crippen molar-refractivity contribution in [3.05, 3.63) is 0 Å². The van der Waals surface area contributed by atoms with E-state index >= 15 is 0 Å². The van der Waals surface area contributed by atoms with E-state index in [1.807, 2.05) is 0 Å². The minimum Gasteiger partial charge on any atom is -0.354 e. The molecule has 2 unspecified atom stereocenters. The second kappa shape index (κ2) is 7.66. The fourth-order valence-electron chi connectivity index (χ4n) is 3.02. The molecule has 1 heterocycles. The molecule has 0 amide bonds. The lowest BCUT2D eigenvalue weighted by molar-refractivity contribution is 0.472. The van der Waals surface area contributed by atoms with Crippen molar-refractivity contribution in [1.29, 1.82) is 0 Å². The van der Waals surface area contributed by atoms with Gasteiger partial charge in [0.25, 0.3) is 0 Å². The molecule has 2 rings (SSSR count). The van der Waals surface area contributed by atoms with Gasteiger partial charge in [0.15, 0.2) is 15.8 Å². The van der Waals surface area contributed by atoms with Crippen molar-refractivity contribution in [2.24, 2.45) is 16.8 Å². The fourth-order valence-corrected chi connectivity index (χ4v) is 4.86. The highest BCUT2D eigenvalue weighted by molar-refractivity contribution is 7.91. The molecule has 2 fully saturated rings. The Bertz CT molecular complexity index is 476. The Balaban J connectivity index is 1.94. The molecule has 2 atom stereocenters. The van der Waals surface area contributed by atoms with Gasteiger partial charge in [-0.25, -0.2) is 8.42 Å². The summed E-state index contributed by atoms with van der Waals surface area (Å²) in [5, 5.41) is 7.01. The summed E-state index contributed by atoms with van der Waals surface area (Å²) in [6, 6.07) is 0.859. The van der Waals surface area contributed by atoms with Crippen molar-refractivity contribution in [1.82, 2.24) is 10.6 Å². The highest BCUT2D eigenvalue weighted by Crippen LogP contribution is 2.19. The molecule has 1 saturated carbocycles. The van der Waals surface area contributed by atoms with Gasteiger partial charge in [-0.2, -0.15) is 0 Å². The van der Waals surface area contributed by atoms with Crippen LogP contribution in [0.1, 0.15) is 52.9 Å². The van der Waals surface area contributed by atoms with Crippen LogP contribution in [0.2, 0.25) is 0 Å². The van der Waals surface area contributed by atoms with Gasteiger partial charge in [-0.15, -0.1) is 0 Å². The average molecular weight is 330 g/mol. The first-order chi connectivity index (χ1) is 10.4. The molecule has 0 bridgehead atoms. The summed E-state index contributed by atoms with van der Waals surface area (Å²) in [7, 11) is -2.81. The van der Waals surface area contributed by atoms with Crippen LogP contribution in [0.5, 0.6) is 0 Å². The third kappa shape index (κ3) is 5.45. The van der Waals surface area contributed by atoms with E-state index in [-0.39, 0.29) is 5.92 Å². The number of rotatable bonds is 5. The number of guanidine groups is 1. The SMILES string of the molecule is CC(C)C(C)NC(=NCC1CCS(=O)(=O)C1)NC1CCCC1. The second-order valence-electron chi connectivity index (χ2n) is 7.26. The Labute approximate surface area is 135 Å². The molecule has 22 heavy (non-hydrogen) atoms. The van der Waals surface area contributed by atoms with E-state index in [2.05, 4.69) is 36.4 Å². The molecule has 1 saturated heterocycles. The molecule has 1 aliphatic heterocycles. The predicted molar refractivity (Wildman–Crippen MR) is 91.9 cm³/mol. The van der Waals surface area contributed by atoms with Crippen LogP contribution < -0.4 is 10.6 Å². The molecule has 6 heteroatoms. The van der Waals surface area contributed by atoms with Crippen LogP contribution in [0, 0.1) is 11.8 Å². The van der Waals surface area contributed by atoms with Gasteiger partial charge in [0, 0.05) is 18.6 Å². The van der Waals surface area contributed by atoms with Crippen LogP contribution in [0.4, 0.5) is 0 Å². The molecule has 2 N–H and O–H groups in total. The molecule has 128 valence electrons. The molecule has 0 radical (unpaired) electrons. The molecule has 0 aromatic heterocycles. The summed E-state index contributed by atoms with van der Waals surface area (Å²) in [5.74, 6) is 2.20. The first-order valence-electron chi connectivity index (χ1n) is 8.63. The number of nitrogens with one attached hydrogen (secondary N) is 2. The second-order valence-corrected chi connectivity index (χ2v) is 9.49. The maximum Gasteiger partial charge on any atom is 0.191 e. The number of sulfone groups is 1. The predicted octanol–water partition coefficient (Wildman–Crippen LogP) is 1.94. The van der Waals surface area contributed by atoms with Crippen molar-refractivity contribution in [2.75, 3.05) is 18.1 Å². The van der Waals surface area contributed by atoms with Crippen molar-refractivity contribution in [3.63, 3.8) is 0 Å². The molecular formula is C16H31N3O2S. The van der Waals surface area contributed by atoms with Gasteiger partial charge in [0.05, 0.1) is 11.5 Å². The molecule has 0 spiro atoms. The topological polar surface area (TPSA) is 70.6 Å². The Morgan fingerprint density at radius 3 is 2.41 bits per heavy atom.